The summed E-state index contributed by atoms with van der Waals surface area (Å²) in [5.74, 6) is -0.602. The Morgan fingerprint density at radius 3 is 2.73 bits per heavy atom. The predicted octanol–water partition coefficient (Wildman–Crippen LogP) is 2.31. The van der Waals surface area contributed by atoms with Crippen molar-refractivity contribution in [2.75, 3.05) is 13.1 Å². The van der Waals surface area contributed by atoms with E-state index in [9.17, 15) is 14.3 Å². The van der Waals surface area contributed by atoms with E-state index in [0.717, 1.165) is 6.07 Å². The van der Waals surface area contributed by atoms with E-state index in [0.29, 0.717) is 18.7 Å². The van der Waals surface area contributed by atoms with Gasteiger partial charge < -0.3 is 20.3 Å². The van der Waals surface area contributed by atoms with E-state index in [2.05, 4.69) is 10.6 Å². The molecule has 1 aromatic heterocycles. The Balaban J connectivity index is 1.72. The van der Waals surface area contributed by atoms with E-state index < -0.39 is 11.9 Å². The van der Waals surface area contributed by atoms with Gasteiger partial charge in [0.1, 0.15) is 5.82 Å². The minimum absolute atomic E-state index is 0.00772. The van der Waals surface area contributed by atoms with E-state index in [-0.39, 0.29) is 17.6 Å². The summed E-state index contributed by atoms with van der Waals surface area (Å²) in [5.41, 5.74) is 0.356. The molecule has 0 aliphatic carbocycles. The number of hydrogen-bond donors (Lipinski definition) is 3. The minimum atomic E-state index is -0.998. The number of halogens is 2. The molecule has 2 amide bonds. The Labute approximate surface area is 132 Å². The maximum Gasteiger partial charge on any atom is 0.314 e. The molecule has 2 aromatic rings. The maximum absolute atomic E-state index is 13.3. The van der Waals surface area contributed by atoms with Gasteiger partial charge in [-0.15, -0.1) is 0 Å². The highest BCUT2D eigenvalue weighted by Gasteiger charge is 2.11. The van der Waals surface area contributed by atoms with E-state index in [1.165, 1.54) is 12.1 Å². The van der Waals surface area contributed by atoms with E-state index in [1.807, 2.05) is 29.1 Å². The molecule has 0 bridgehead atoms. The van der Waals surface area contributed by atoms with Crippen molar-refractivity contribution in [3.05, 3.63) is 59.1 Å². The number of aliphatic hydroxyl groups excluding tert-OH is 1. The third kappa shape index (κ3) is 4.75. The van der Waals surface area contributed by atoms with Gasteiger partial charge in [-0.05, 0) is 29.8 Å². The summed E-state index contributed by atoms with van der Waals surface area (Å²) in [6, 6.07) is 7.46. The van der Waals surface area contributed by atoms with Crippen LogP contribution in [0.5, 0.6) is 0 Å². The van der Waals surface area contributed by atoms with Gasteiger partial charge in [0.2, 0.25) is 0 Å². The zero-order chi connectivity index (χ0) is 15.9. The summed E-state index contributed by atoms with van der Waals surface area (Å²) < 4.78 is 15.2. The van der Waals surface area contributed by atoms with Gasteiger partial charge in [-0.25, -0.2) is 9.18 Å². The summed E-state index contributed by atoms with van der Waals surface area (Å²) in [5, 5.41) is 15.1. The van der Waals surface area contributed by atoms with Gasteiger partial charge in [-0.1, -0.05) is 17.7 Å². The van der Waals surface area contributed by atoms with Gasteiger partial charge in [0, 0.05) is 32.0 Å². The molecule has 0 saturated heterocycles. The average molecular weight is 326 g/mol. The van der Waals surface area contributed by atoms with E-state index in [1.54, 1.807) is 0 Å². The van der Waals surface area contributed by atoms with Crippen molar-refractivity contribution in [3.63, 3.8) is 0 Å². The van der Waals surface area contributed by atoms with Crippen LogP contribution < -0.4 is 10.6 Å². The fourth-order valence-corrected chi connectivity index (χ4v) is 2.02. The van der Waals surface area contributed by atoms with Gasteiger partial charge in [0.25, 0.3) is 0 Å². The first-order chi connectivity index (χ1) is 10.6. The second kappa shape index (κ2) is 7.82. The van der Waals surface area contributed by atoms with Crippen LogP contribution in [0.15, 0.2) is 42.7 Å². The number of rotatable bonds is 6. The van der Waals surface area contributed by atoms with Crippen molar-refractivity contribution >= 4 is 17.6 Å². The second-order valence-electron chi connectivity index (χ2n) is 4.75. The number of aliphatic hydroxyl groups is 1. The first-order valence-corrected chi connectivity index (χ1v) is 7.19. The lowest BCUT2D eigenvalue weighted by Gasteiger charge is -2.13. The Bertz CT molecular complexity index is 619. The lowest BCUT2D eigenvalue weighted by molar-refractivity contribution is 0.172. The zero-order valence-electron chi connectivity index (χ0n) is 11.8. The van der Waals surface area contributed by atoms with Crippen LogP contribution in [-0.4, -0.2) is 28.8 Å². The van der Waals surface area contributed by atoms with Gasteiger partial charge in [0.15, 0.2) is 0 Å². The van der Waals surface area contributed by atoms with Gasteiger partial charge >= 0.3 is 6.03 Å². The van der Waals surface area contributed by atoms with Crippen LogP contribution in [0.4, 0.5) is 9.18 Å². The molecule has 0 aliphatic rings. The molecule has 7 heteroatoms. The standard InChI is InChI=1S/C15H17ClFN3O2/c16-12-4-3-11(9-13(12)17)14(21)10-19-15(22)18-5-8-20-6-1-2-7-20/h1-4,6-7,9,14,21H,5,8,10H2,(H2,18,19,22)/t14-/m0/s1. The fraction of sp³-hybridized carbons (Fsp3) is 0.267. The monoisotopic (exact) mass is 325 g/mol. The SMILES string of the molecule is O=C(NCCn1cccc1)NC[C@H](O)c1ccc(Cl)c(F)c1. The molecule has 1 aromatic carbocycles. The molecule has 0 radical (unpaired) electrons. The lowest BCUT2D eigenvalue weighted by atomic mass is 10.1. The number of nitrogens with zero attached hydrogens (tertiary/aromatic N) is 1. The van der Waals surface area contributed by atoms with Crippen molar-refractivity contribution in [1.82, 2.24) is 15.2 Å². The smallest absolute Gasteiger partial charge is 0.314 e. The zero-order valence-corrected chi connectivity index (χ0v) is 12.6. The molecule has 3 N–H and O–H groups in total. The molecule has 0 aliphatic heterocycles. The molecule has 0 spiro atoms. The number of carbonyl (C=O) groups is 1. The first kappa shape index (κ1) is 16.3. The Morgan fingerprint density at radius 2 is 2.05 bits per heavy atom. The molecule has 1 atom stereocenters. The first-order valence-electron chi connectivity index (χ1n) is 6.81. The topological polar surface area (TPSA) is 66.3 Å². The highest BCUT2D eigenvalue weighted by atomic mass is 35.5. The molecule has 0 fully saturated rings. The van der Waals surface area contributed by atoms with E-state index in [4.69, 9.17) is 11.6 Å². The molecular formula is C15H17ClFN3O2. The number of hydrogen-bond acceptors (Lipinski definition) is 2. The van der Waals surface area contributed by atoms with Crippen LogP contribution in [0.25, 0.3) is 0 Å². The minimum Gasteiger partial charge on any atom is -0.387 e. The van der Waals surface area contributed by atoms with Crippen molar-refractivity contribution < 1.29 is 14.3 Å². The van der Waals surface area contributed by atoms with Crippen molar-refractivity contribution in [2.45, 2.75) is 12.6 Å². The van der Waals surface area contributed by atoms with E-state index >= 15 is 0 Å². The molecule has 118 valence electrons. The molecule has 5 nitrogen and oxygen atoms in total. The predicted molar refractivity (Wildman–Crippen MR) is 82.2 cm³/mol. The summed E-state index contributed by atoms with van der Waals surface area (Å²) in [7, 11) is 0. The van der Waals surface area contributed by atoms with Gasteiger partial charge in [0.05, 0.1) is 11.1 Å². The highest BCUT2D eigenvalue weighted by molar-refractivity contribution is 6.30. The second-order valence-corrected chi connectivity index (χ2v) is 5.15. The van der Waals surface area contributed by atoms with Crippen LogP contribution in [0.1, 0.15) is 11.7 Å². The normalized spacial score (nSPS) is 12.0. The highest BCUT2D eigenvalue weighted by Crippen LogP contribution is 2.19. The Kier molecular flexibility index (Phi) is 5.80. The van der Waals surface area contributed by atoms with Crippen molar-refractivity contribution in [2.24, 2.45) is 0 Å². The third-order valence-corrected chi connectivity index (χ3v) is 3.41. The molecule has 1 heterocycles. The quantitative estimate of drug-likeness (QED) is 0.763. The van der Waals surface area contributed by atoms with Crippen molar-refractivity contribution in [3.8, 4) is 0 Å². The largest absolute Gasteiger partial charge is 0.387 e. The molecule has 2 rings (SSSR count). The number of carbonyl (C=O) groups excluding carboxylic acids is 1. The fourth-order valence-electron chi connectivity index (χ4n) is 1.91. The van der Waals surface area contributed by atoms with Crippen LogP contribution >= 0.6 is 11.6 Å². The maximum atomic E-state index is 13.3. The van der Waals surface area contributed by atoms with Gasteiger partial charge in [-0.2, -0.15) is 0 Å². The summed E-state index contributed by atoms with van der Waals surface area (Å²) in [4.78, 5) is 11.6. The van der Waals surface area contributed by atoms with Crippen LogP contribution in [0, 0.1) is 5.82 Å². The molecule has 22 heavy (non-hydrogen) atoms. The molecular weight excluding hydrogens is 309 g/mol. The number of amides is 2. The number of aromatic nitrogens is 1. The van der Waals surface area contributed by atoms with Crippen molar-refractivity contribution in [1.29, 1.82) is 0 Å². The Morgan fingerprint density at radius 1 is 1.32 bits per heavy atom. The molecule has 0 saturated carbocycles. The Hall–Kier alpha value is -2.05. The summed E-state index contributed by atoms with van der Waals surface area (Å²) in [6.45, 7) is 1.11. The van der Waals surface area contributed by atoms with Crippen LogP contribution in [0.3, 0.4) is 0 Å². The molecule has 0 unspecified atom stereocenters. The number of nitrogens with one attached hydrogen (secondary N) is 2. The number of benzene rings is 1. The third-order valence-electron chi connectivity index (χ3n) is 3.11. The lowest BCUT2D eigenvalue weighted by Crippen LogP contribution is -2.39. The summed E-state index contributed by atoms with van der Waals surface area (Å²) in [6.07, 6.45) is 2.80. The van der Waals surface area contributed by atoms with Crippen LogP contribution in [0.2, 0.25) is 5.02 Å². The van der Waals surface area contributed by atoms with Crippen LogP contribution in [-0.2, 0) is 6.54 Å². The number of urea groups is 1. The summed E-state index contributed by atoms with van der Waals surface area (Å²) >= 11 is 5.57. The average Bonchev–Trinajstić information content (AvgIpc) is 3.01. The van der Waals surface area contributed by atoms with Gasteiger partial charge in [-0.3, -0.25) is 0 Å².